The van der Waals surface area contributed by atoms with Crippen LogP contribution in [0.1, 0.15) is 23.6 Å². The molecule has 3 N–H and O–H groups in total. The van der Waals surface area contributed by atoms with Crippen molar-refractivity contribution in [2.75, 3.05) is 0 Å². The highest BCUT2D eigenvalue weighted by molar-refractivity contribution is 5.22. The van der Waals surface area contributed by atoms with Crippen molar-refractivity contribution < 1.29 is 8.78 Å². The molecule has 2 rings (SSSR count). The number of nitrogens with two attached hydrogens (primary N) is 1. The van der Waals surface area contributed by atoms with Crippen molar-refractivity contribution in [2.24, 2.45) is 5.84 Å². The van der Waals surface area contributed by atoms with Crippen LogP contribution in [-0.2, 0) is 6.42 Å². The minimum absolute atomic E-state index is 0.219. The van der Waals surface area contributed by atoms with Crippen molar-refractivity contribution in [3.63, 3.8) is 0 Å². The Morgan fingerprint density at radius 3 is 2.47 bits per heavy atom. The first kappa shape index (κ1) is 13.6. The Morgan fingerprint density at radius 1 is 1.11 bits per heavy atom. The summed E-state index contributed by atoms with van der Waals surface area (Å²) in [5.74, 6) is 3.77. The molecule has 0 amide bonds. The minimum atomic E-state index is -0.860. The minimum Gasteiger partial charge on any atom is -0.271 e. The highest BCUT2D eigenvalue weighted by atomic mass is 19.2. The van der Waals surface area contributed by atoms with Crippen LogP contribution in [-0.4, -0.2) is 4.98 Å². The van der Waals surface area contributed by atoms with Gasteiger partial charge in [0.15, 0.2) is 11.6 Å². The van der Waals surface area contributed by atoms with E-state index >= 15 is 0 Å². The molecule has 1 heterocycles. The Morgan fingerprint density at radius 2 is 1.84 bits per heavy atom. The van der Waals surface area contributed by atoms with E-state index in [1.165, 1.54) is 12.1 Å². The van der Waals surface area contributed by atoms with Crippen molar-refractivity contribution in [2.45, 2.75) is 18.9 Å². The number of nitrogens with one attached hydrogen (secondary N) is 1. The lowest BCUT2D eigenvalue weighted by molar-refractivity contribution is 0.488. The largest absolute Gasteiger partial charge is 0.271 e. The quantitative estimate of drug-likeness (QED) is 0.643. The summed E-state index contributed by atoms with van der Waals surface area (Å²) in [6.45, 7) is 0. The number of hydrogen-bond donors (Lipinski definition) is 2. The third-order valence-electron chi connectivity index (χ3n) is 3.02. The molecule has 0 saturated carbocycles. The summed E-state index contributed by atoms with van der Waals surface area (Å²) >= 11 is 0. The van der Waals surface area contributed by atoms with Gasteiger partial charge in [-0.2, -0.15) is 0 Å². The number of pyridine rings is 1. The van der Waals surface area contributed by atoms with E-state index in [0.29, 0.717) is 12.0 Å². The Labute approximate surface area is 110 Å². The van der Waals surface area contributed by atoms with Gasteiger partial charge in [0.25, 0.3) is 0 Å². The third-order valence-corrected chi connectivity index (χ3v) is 3.02. The van der Waals surface area contributed by atoms with Crippen LogP contribution < -0.4 is 11.3 Å². The van der Waals surface area contributed by atoms with E-state index in [1.807, 2.05) is 12.1 Å². The molecule has 1 aromatic heterocycles. The second-order valence-corrected chi connectivity index (χ2v) is 4.29. The summed E-state index contributed by atoms with van der Waals surface area (Å²) in [7, 11) is 0. The van der Waals surface area contributed by atoms with Crippen LogP contribution in [0.25, 0.3) is 0 Å². The molecule has 100 valence electrons. The second-order valence-electron chi connectivity index (χ2n) is 4.29. The van der Waals surface area contributed by atoms with Crippen LogP contribution in [0.15, 0.2) is 42.7 Å². The normalized spacial score (nSPS) is 12.4. The third kappa shape index (κ3) is 3.56. The van der Waals surface area contributed by atoms with Crippen LogP contribution in [0.5, 0.6) is 0 Å². The van der Waals surface area contributed by atoms with Gasteiger partial charge in [-0.1, -0.05) is 6.07 Å². The van der Waals surface area contributed by atoms with Crippen molar-refractivity contribution in [3.05, 3.63) is 65.5 Å². The van der Waals surface area contributed by atoms with Gasteiger partial charge in [0.2, 0.25) is 0 Å². The van der Waals surface area contributed by atoms with E-state index in [2.05, 4.69) is 10.4 Å². The predicted molar refractivity (Wildman–Crippen MR) is 69.0 cm³/mol. The molecule has 19 heavy (non-hydrogen) atoms. The lowest BCUT2D eigenvalue weighted by Gasteiger charge is -2.16. The van der Waals surface area contributed by atoms with Crippen molar-refractivity contribution in [3.8, 4) is 0 Å². The molecule has 1 atom stereocenters. The predicted octanol–water partition coefficient (Wildman–Crippen LogP) is 2.50. The maximum absolute atomic E-state index is 13.2. The van der Waals surface area contributed by atoms with E-state index in [-0.39, 0.29) is 6.04 Å². The van der Waals surface area contributed by atoms with Crippen molar-refractivity contribution in [1.29, 1.82) is 0 Å². The number of nitrogens with zero attached hydrogens (tertiary/aromatic N) is 1. The highest BCUT2D eigenvalue weighted by Gasteiger charge is 2.12. The van der Waals surface area contributed by atoms with Gasteiger partial charge in [0, 0.05) is 18.4 Å². The molecular weight excluding hydrogens is 248 g/mol. The smallest absolute Gasteiger partial charge is 0.159 e. The maximum Gasteiger partial charge on any atom is 0.159 e. The molecule has 0 aliphatic carbocycles. The summed E-state index contributed by atoms with van der Waals surface area (Å²) in [4.78, 5) is 3.94. The van der Waals surface area contributed by atoms with Gasteiger partial charge < -0.3 is 0 Å². The number of hydrazine groups is 1. The fourth-order valence-corrected chi connectivity index (χ4v) is 1.94. The first-order valence-corrected chi connectivity index (χ1v) is 6.00. The zero-order chi connectivity index (χ0) is 13.7. The maximum atomic E-state index is 13.2. The Hall–Kier alpha value is -1.85. The number of hydrogen-bond acceptors (Lipinski definition) is 3. The lowest BCUT2D eigenvalue weighted by atomic mass is 10.00. The molecule has 3 nitrogen and oxygen atoms in total. The highest BCUT2D eigenvalue weighted by Crippen LogP contribution is 2.20. The monoisotopic (exact) mass is 263 g/mol. The van der Waals surface area contributed by atoms with E-state index in [0.717, 1.165) is 18.1 Å². The molecule has 5 heteroatoms. The van der Waals surface area contributed by atoms with E-state index in [1.54, 1.807) is 12.4 Å². The number of halogens is 2. The molecule has 0 fully saturated rings. The first-order chi connectivity index (χ1) is 9.20. The zero-order valence-electron chi connectivity index (χ0n) is 10.3. The Kier molecular flexibility index (Phi) is 4.54. The SMILES string of the molecule is NNC(CCc1ccncc1)c1ccc(F)c(F)c1. The Balaban J connectivity index is 2.05. The summed E-state index contributed by atoms with van der Waals surface area (Å²) < 4.78 is 26.1. The van der Waals surface area contributed by atoms with Gasteiger partial charge in [-0.15, -0.1) is 0 Å². The van der Waals surface area contributed by atoms with Gasteiger partial charge in [-0.3, -0.25) is 16.3 Å². The van der Waals surface area contributed by atoms with Crippen LogP contribution in [0.4, 0.5) is 8.78 Å². The number of aryl methyl sites for hydroxylation is 1. The molecule has 0 spiro atoms. The van der Waals surface area contributed by atoms with Crippen LogP contribution in [0, 0.1) is 11.6 Å². The lowest BCUT2D eigenvalue weighted by Crippen LogP contribution is -2.28. The second kappa shape index (κ2) is 6.36. The van der Waals surface area contributed by atoms with Crippen LogP contribution >= 0.6 is 0 Å². The van der Waals surface area contributed by atoms with Gasteiger partial charge in [-0.05, 0) is 48.2 Å². The molecule has 0 aliphatic rings. The molecule has 0 bridgehead atoms. The molecule has 1 unspecified atom stereocenters. The van der Waals surface area contributed by atoms with Crippen LogP contribution in [0.3, 0.4) is 0 Å². The number of aromatic nitrogens is 1. The fraction of sp³-hybridized carbons (Fsp3) is 0.214. The van der Waals surface area contributed by atoms with Crippen LogP contribution in [0.2, 0.25) is 0 Å². The number of rotatable bonds is 5. The molecule has 0 aliphatic heterocycles. The average Bonchev–Trinajstić information content (AvgIpc) is 2.44. The summed E-state index contributed by atoms with van der Waals surface area (Å²) in [5.41, 5.74) is 4.39. The van der Waals surface area contributed by atoms with E-state index in [4.69, 9.17) is 5.84 Å². The summed E-state index contributed by atoms with van der Waals surface area (Å²) in [6.07, 6.45) is 4.90. The van der Waals surface area contributed by atoms with Gasteiger partial charge in [-0.25, -0.2) is 8.78 Å². The first-order valence-electron chi connectivity index (χ1n) is 6.00. The fourth-order valence-electron chi connectivity index (χ4n) is 1.94. The molecule has 1 aromatic carbocycles. The summed E-state index contributed by atoms with van der Waals surface area (Å²) in [6, 6.07) is 7.43. The number of benzene rings is 1. The van der Waals surface area contributed by atoms with Crippen molar-refractivity contribution >= 4 is 0 Å². The van der Waals surface area contributed by atoms with Gasteiger partial charge in [0.05, 0.1) is 0 Å². The standard InChI is InChI=1S/C14H15F2N3/c15-12-3-2-11(9-13(12)16)14(19-17)4-1-10-5-7-18-8-6-10/h2-3,5-9,14,19H,1,4,17H2. The van der Waals surface area contributed by atoms with Crippen molar-refractivity contribution in [1.82, 2.24) is 10.4 Å². The average molecular weight is 263 g/mol. The van der Waals surface area contributed by atoms with E-state index < -0.39 is 11.6 Å². The topological polar surface area (TPSA) is 50.9 Å². The van der Waals surface area contributed by atoms with Gasteiger partial charge >= 0.3 is 0 Å². The zero-order valence-corrected chi connectivity index (χ0v) is 10.3. The Bertz CT molecular complexity index is 531. The molecule has 2 aromatic rings. The van der Waals surface area contributed by atoms with Gasteiger partial charge in [0.1, 0.15) is 0 Å². The van der Waals surface area contributed by atoms with E-state index in [9.17, 15) is 8.78 Å². The summed E-state index contributed by atoms with van der Waals surface area (Å²) in [5, 5.41) is 0. The molecule has 0 saturated heterocycles. The molecule has 0 radical (unpaired) electrons. The molecular formula is C14H15F2N3.